The Kier molecular flexibility index (Phi) is 6.96. The minimum atomic E-state index is -0.0443. The monoisotopic (exact) mass is 349 g/mol. The Balaban J connectivity index is 1.31. The molecule has 1 N–H and O–H groups in total. The first-order valence-corrected chi connectivity index (χ1v) is 9.43. The number of nitrogens with zero attached hydrogens (tertiary/aromatic N) is 2. The summed E-state index contributed by atoms with van der Waals surface area (Å²) in [5, 5.41) is 2.98. The number of amides is 1. The first-order valence-electron chi connectivity index (χ1n) is 9.43. The number of rotatable bonds is 7. The Morgan fingerprint density at radius 1 is 1.12 bits per heavy atom. The van der Waals surface area contributed by atoms with Gasteiger partial charge in [0.15, 0.2) is 0 Å². The van der Waals surface area contributed by atoms with Crippen LogP contribution in [0.25, 0.3) is 6.08 Å². The van der Waals surface area contributed by atoms with Crippen LogP contribution in [0.4, 0.5) is 0 Å². The molecule has 0 bridgehead atoms. The number of pyridine rings is 1. The lowest BCUT2D eigenvalue weighted by Gasteiger charge is -2.32. The minimum Gasteiger partial charge on any atom is -0.353 e. The van der Waals surface area contributed by atoms with Gasteiger partial charge in [-0.05, 0) is 62.0 Å². The van der Waals surface area contributed by atoms with Crippen LogP contribution >= 0.6 is 0 Å². The van der Waals surface area contributed by atoms with Crippen molar-refractivity contribution >= 4 is 12.0 Å². The van der Waals surface area contributed by atoms with Gasteiger partial charge in [0.1, 0.15) is 0 Å². The first kappa shape index (κ1) is 18.3. The molecule has 1 amide bonds. The topological polar surface area (TPSA) is 45.2 Å². The Hall–Kier alpha value is -2.46. The number of piperidine rings is 1. The SMILES string of the molecule is O=C(C=Cc1ccccn1)NCCC1CCN(Cc2ccccc2)CC1. The second kappa shape index (κ2) is 9.88. The minimum absolute atomic E-state index is 0.0443. The molecule has 2 heterocycles. The van der Waals surface area contributed by atoms with Crippen LogP contribution in [0.2, 0.25) is 0 Å². The van der Waals surface area contributed by atoms with E-state index in [1.807, 2.05) is 18.2 Å². The zero-order valence-corrected chi connectivity index (χ0v) is 15.2. The smallest absolute Gasteiger partial charge is 0.244 e. The van der Waals surface area contributed by atoms with E-state index in [1.165, 1.54) is 18.4 Å². The van der Waals surface area contributed by atoms with Crippen LogP contribution in [0.5, 0.6) is 0 Å². The summed E-state index contributed by atoms with van der Waals surface area (Å²) in [4.78, 5) is 18.6. The maximum absolute atomic E-state index is 11.9. The summed E-state index contributed by atoms with van der Waals surface area (Å²) in [5.41, 5.74) is 2.19. The number of aromatic nitrogens is 1. The molecule has 1 fully saturated rings. The summed E-state index contributed by atoms with van der Waals surface area (Å²) >= 11 is 0. The van der Waals surface area contributed by atoms with Gasteiger partial charge >= 0.3 is 0 Å². The van der Waals surface area contributed by atoms with E-state index < -0.39 is 0 Å². The van der Waals surface area contributed by atoms with Gasteiger partial charge in [0.05, 0.1) is 5.69 Å². The van der Waals surface area contributed by atoms with Crippen LogP contribution in [0, 0.1) is 5.92 Å². The van der Waals surface area contributed by atoms with Gasteiger partial charge in [-0.2, -0.15) is 0 Å². The maximum Gasteiger partial charge on any atom is 0.244 e. The van der Waals surface area contributed by atoms with Crippen molar-refractivity contribution in [2.24, 2.45) is 5.92 Å². The van der Waals surface area contributed by atoms with Crippen molar-refractivity contribution in [2.45, 2.75) is 25.8 Å². The molecule has 1 aromatic heterocycles. The Morgan fingerprint density at radius 3 is 2.62 bits per heavy atom. The highest BCUT2D eigenvalue weighted by Crippen LogP contribution is 2.21. The van der Waals surface area contributed by atoms with Gasteiger partial charge in [-0.25, -0.2) is 0 Å². The molecule has 4 heteroatoms. The average Bonchev–Trinajstić information content (AvgIpc) is 2.69. The van der Waals surface area contributed by atoms with Gasteiger partial charge in [0, 0.05) is 25.4 Å². The summed E-state index contributed by atoms with van der Waals surface area (Å²) in [6, 6.07) is 16.3. The molecule has 1 saturated heterocycles. The molecule has 0 spiro atoms. The third-order valence-corrected chi connectivity index (χ3v) is 4.90. The van der Waals surface area contributed by atoms with Crippen molar-refractivity contribution < 1.29 is 4.79 Å². The van der Waals surface area contributed by atoms with Crippen LogP contribution in [0.3, 0.4) is 0 Å². The summed E-state index contributed by atoms with van der Waals surface area (Å²) in [7, 11) is 0. The molecule has 0 radical (unpaired) electrons. The fraction of sp³-hybridized carbons (Fsp3) is 0.364. The number of benzene rings is 1. The molecule has 1 aliphatic rings. The van der Waals surface area contributed by atoms with Gasteiger partial charge in [-0.1, -0.05) is 36.4 Å². The number of nitrogens with one attached hydrogen (secondary N) is 1. The second-order valence-electron chi connectivity index (χ2n) is 6.87. The summed E-state index contributed by atoms with van der Waals surface area (Å²) in [5.74, 6) is 0.666. The van der Waals surface area contributed by atoms with Gasteiger partial charge in [-0.15, -0.1) is 0 Å². The zero-order chi connectivity index (χ0) is 18.0. The molecule has 0 aliphatic carbocycles. The molecule has 4 nitrogen and oxygen atoms in total. The highest BCUT2D eigenvalue weighted by atomic mass is 16.1. The fourth-order valence-electron chi connectivity index (χ4n) is 3.37. The lowest BCUT2D eigenvalue weighted by Crippen LogP contribution is -2.34. The van der Waals surface area contributed by atoms with Crippen molar-refractivity contribution in [3.05, 3.63) is 72.1 Å². The van der Waals surface area contributed by atoms with E-state index in [9.17, 15) is 4.79 Å². The van der Waals surface area contributed by atoms with Gasteiger partial charge in [0.25, 0.3) is 0 Å². The molecule has 0 unspecified atom stereocenters. The quantitative estimate of drug-likeness (QED) is 0.778. The maximum atomic E-state index is 11.9. The van der Waals surface area contributed by atoms with E-state index in [0.717, 1.165) is 38.3 Å². The van der Waals surface area contributed by atoms with Gasteiger partial charge in [0.2, 0.25) is 5.91 Å². The van der Waals surface area contributed by atoms with Gasteiger partial charge < -0.3 is 5.32 Å². The molecule has 136 valence electrons. The molecule has 26 heavy (non-hydrogen) atoms. The summed E-state index contributed by atoms with van der Waals surface area (Å²) < 4.78 is 0. The molecule has 0 saturated carbocycles. The highest BCUT2D eigenvalue weighted by molar-refractivity contribution is 5.91. The predicted octanol–water partition coefficient (Wildman–Crippen LogP) is 3.51. The lowest BCUT2D eigenvalue weighted by molar-refractivity contribution is -0.116. The summed E-state index contributed by atoms with van der Waals surface area (Å²) in [6.45, 7) is 4.08. The van der Waals surface area contributed by atoms with Crippen LogP contribution < -0.4 is 5.32 Å². The molecule has 2 aromatic rings. The van der Waals surface area contributed by atoms with Crippen molar-refractivity contribution in [2.75, 3.05) is 19.6 Å². The number of hydrogen-bond donors (Lipinski definition) is 1. The number of carbonyl (C=O) groups is 1. The van der Waals surface area contributed by atoms with E-state index in [4.69, 9.17) is 0 Å². The molecule has 1 aliphatic heterocycles. The fourth-order valence-corrected chi connectivity index (χ4v) is 3.37. The Bertz CT molecular complexity index is 692. The van der Waals surface area contributed by atoms with Crippen molar-refractivity contribution in [1.82, 2.24) is 15.2 Å². The molecule has 0 atom stereocenters. The highest BCUT2D eigenvalue weighted by Gasteiger charge is 2.18. The third kappa shape index (κ3) is 6.12. The summed E-state index contributed by atoms with van der Waals surface area (Å²) in [6.07, 6.45) is 8.52. The van der Waals surface area contributed by atoms with E-state index in [2.05, 4.69) is 45.5 Å². The predicted molar refractivity (Wildman–Crippen MR) is 105 cm³/mol. The van der Waals surface area contributed by atoms with E-state index in [0.29, 0.717) is 5.92 Å². The van der Waals surface area contributed by atoms with Crippen LogP contribution in [0.15, 0.2) is 60.8 Å². The largest absolute Gasteiger partial charge is 0.353 e. The Morgan fingerprint density at radius 2 is 1.88 bits per heavy atom. The molecule has 1 aromatic carbocycles. The molecular weight excluding hydrogens is 322 g/mol. The number of hydrogen-bond acceptors (Lipinski definition) is 3. The van der Waals surface area contributed by atoms with Crippen LogP contribution in [0.1, 0.15) is 30.5 Å². The van der Waals surface area contributed by atoms with Crippen LogP contribution in [-0.4, -0.2) is 35.4 Å². The third-order valence-electron chi connectivity index (χ3n) is 4.90. The van der Waals surface area contributed by atoms with Crippen LogP contribution in [-0.2, 0) is 11.3 Å². The van der Waals surface area contributed by atoms with E-state index in [-0.39, 0.29) is 5.91 Å². The molecular formula is C22H27N3O. The van der Waals surface area contributed by atoms with Crippen molar-refractivity contribution in [3.63, 3.8) is 0 Å². The van der Waals surface area contributed by atoms with E-state index >= 15 is 0 Å². The Labute approximate surface area is 155 Å². The molecule has 3 rings (SSSR count). The lowest BCUT2D eigenvalue weighted by atomic mass is 9.93. The normalized spacial score (nSPS) is 16.0. The first-order chi connectivity index (χ1) is 12.8. The number of carbonyl (C=O) groups excluding carboxylic acids is 1. The average molecular weight is 349 g/mol. The standard InChI is InChI=1S/C22H27N3O/c26-22(10-9-21-8-4-5-14-23-21)24-15-11-19-12-16-25(17-13-19)18-20-6-2-1-3-7-20/h1-10,14,19H,11-13,15-18H2,(H,24,26). The zero-order valence-electron chi connectivity index (χ0n) is 15.2. The van der Waals surface area contributed by atoms with Gasteiger partial charge in [-0.3, -0.25) is 14.7 Å². The van der Waals surface area contributed by atoms with Crippen molar-refractivity contribution in [3.8, 4) is 0 Å². The van der Waals surface area contributed by atoms with Crippen molar-refractivity contribution in [1.29, 1.82) is 0 Å². The van der Waals surface area contributed by atoms with E-state index in [1.54, 1.807) is 18.3 Å². The second-order valence-corrected chi connectivity index (χ2v) is 6.87. The number of likely N-dealkylation sites (tertiary alicyclic amines) is 1.